The number of aromatic nitrogens is 1. The van der Waals surface area contributed by atoms with E-state index in [-0.39, 0.29) is 17.7 Å². The van der Waals surface area contributed by atoms with Crippen molar-refractivity contribution < 1.29 is 9.59 Å². The van der Waals surface area contributed by atoms with Crippen LogP contribution in [0.4, 0.5) is 0 Å². The van der Waals surface area contributed by atoms with Gasteiger partial charge in [-0.15, -0.1) is 11.8 Å². The maximum absolute atomic E-state index is 12.2. The normalized spacial score (nSPS) is 18.7. The van der Waals surface area contributed by atoms with Crippen molar-refractivity contribution >= 4 is 23.6 Å². The van der Waals surface area contributed by atoms with Gasteiger partial charge in [0.25, 0.3) is 0 Å². The number of nitrogens with zero attached hydrogens (tertiary/aromatic N) is 3. The Bertz CT molecular complexity index is 511. The number of piperazine rings is 1. The second kappa shape index (κ2) is 6.47. The molecule has 2 aliphatic rings. The molecule has 1 saturated heterocycles. The smallest absolute Gasteiger partial charge is 0.233 e. The third-order valence-corrected chi connectivity index (χ3v) is 4.88. The van der Waals surface area contributed by atoms with Crippen molar-refractivity contribution in [2.24, 2.45) is 5.92 Å². The first kappa shape index (κ1) is 14.4. The molecule has 0 unspecified atom stereocenters. The molecular weight excluding hydrogens is 286 g/mol. The maximum Gasteiger partial charge on any atom is 0.233 e. The number of amides is 2. The number of pyridine rings is 1. The first-order valence-electron chi connectivity index (χ1n) is 7.33. The van der Waals surface area contributed by atoms with Gasteiger partial charge in [0.15, 0.2) is 0 Å². The van der Waals surface area contributed by atoms with Crippen LogP contribution in [-0.4, -0.2) is 58.5 Å². The largest absolute Gasteiger partial charge is 0.339 e. The zero-order valence-corrected chi connectivity index (χ0v) is 12.7. The lowest BCUT2D eigenvalue weighted by molar-refractivity contribution is -0.139. The van der Waals surface area contributed by atoms with Crippen LogP contribution in [0.3, 0.4) is 0 Å². The Labute approximate surface area is 128 Å². The van der Waals surface area contributed by atoms with Crippen LogP contribution in [0.25, 0.3) is 0 Å². The quantitative estimate of drug-likeness (QED) is 0.786. The summed E-state index contributed by atoms with van der Waals surface area (Å²) < 4.78 is 0. The molecule has 0 atom stereocenters. The van der Waals surface area contributed by atoms with Crippen molar-refractivity contribution in [1.82, 2.24) is 14.8 Å². The molecule has 0 spiro atoms. The molecule has 1 saturated carbocycles. The molecule has 1 aromatic heterocycles. The fourth-order valence-corrected chi connectivity index (χ4v) is 3.22. The Morgan fingerprint density at radius 1 is 1.10 bits per heavy atom. The summed E-state index contributed by atoms with van der Waals surface area (Å²) in [7, 11) is 0. The molecule has 1 aromatic rings. The van der Waals surface area contributed by atoms with E-state index in [1.165, 1.54) is 11.8 Å². The SMILES string of the molecule is O=C(CSc1ccncc1)N1CCN(C(=O)C2CC2)CC1. The molecule has 2 amide bonds. The van der Waals surface area contributed by atoms with Gasteiger partial charge in [-0.25, -0.2) is 0 Å². The Balaban J connectivity index is 1.43. The van der Waals surface area contributed by atoms with Gasteiger partial charge in [0.05, 0.1) is 5.75 Å². The van der Waals surface area contributed by atoms with E-state index in [0.29, 0.717) is 31.9 Å². The number of rotatable bonds is 4. The highest BCUT2D eigenvalue weighted by Gasteiger charge is 2.35. The van der Waals surface area contributed by atoms with Crippen molar-refractivity contribution in [2.75, 3.05) is 31.9 Å². The van der Waals surface area contributed by atoms with Crippen molar-refractivity contribution in [1.29, 1.82) is 0 Å². The summed E-state index contributed by atoms with van der Waals surface area (Å²) in [6.45, 7) is 2.68. The van der Waals surface area contributed by atoms with Crippen LogP contribution in [0.1, 0.15) is 12.8 Å². The monoisotopic (exact) mass is 305 g/mol. The fourth-order valence-electron chi connectivity index (χ4n) is 2.44. The third kappa shape index (κ3) is 3.75. The van der Waals surface area contributed by atoms with E-state index >= 15 is 0 Å². The Morgan fingerprint density at radius 2 is 1.71 bits per heavy atom. The molecule has 5 nitrogen and oxygen atoms in total. The molecule has 21 heavy (non-hydrogen) atoms. The minimum atomic E-state index is 0.148. The predicted molar refractivity (Wildman–Crippen MR) is 80.8 cm³/mol. The van der Waals surface area contributed by atoms with Gasteiger partial charge in [-0.3, -0.25) is 14.6 Å². The van der Waals surface area contributed by atoms with E-state index in [2.05, 4.69) is 4.98 Å². The van der Waals surface area contributed by atoms with Gasteiger partial charge in [0.1, 0.15) is 0 Å². The summed E-state index contributed by atoms with van der Waals surface area (Å²) in [4.78, 5) is 32.9. The summed E-state index contributed by atoms with van der Waals surface area (Å²) in [5, 5.41) is 0. The van der Waals surface area contributed by atoms with Crippen LogP contribution in [-0.2, 0) is 9.59 Å². The van der Waals surface area contributed by atoms with Crippen LogP contribution >= 0.6 is 11.8 Å². The van der Waals surface area contributed by atoms with Gasteiger partial charge >= 0.3 is 0 Å². The van der Waals surface area contributed by atoms with Gasteiger partial charge in [0, 0.05) is 49.4 Å². The molecule has 2 fully saturated rings. The Hall–Kier alpha value is -1.56. The first-order chi connectivity index (χ1) is 10.2. The molecule has 1 aliphatic carbocycles. The minimum absolute atomic E-state index is 0.148. The number of hydrogen-bond acceptors (Lipinski definition) is 4. The van der Waals surface area contributed by atoms with E-state index in [1.807, 2.05) is 21.9 Å². The molecule has 0 bridgehead atoms. The molecule has 112 valence electrons. The number of hydrogen-bond donors (Lipinski definition) is 0. The van der Waals surface area contributed by atoms with Gasteiger partial charge in [-0.2, -0.15) is 0 Å². The van der Waals surface area contributed by atoms with E-state index < -0.39 is 0 Å². The Morgan fingerprint density at radius 3 is 2.33 bits per heavy atom. The van der Waals surface area contributed by atoms with Gasteiger partial charge < -0.3 is 9.80 Å². The molecule has 0 N–H and O–H groups in total. The molecule has 0 radical (unpaired) electrons. The molecule has 6 heteroatoms. The highest BCUT2D eigenvalue weighted by Crippen LogP contribution is 2.31. The van der Waals surface area contributed by atoms with Crippen molar-refractivity contribution in [2.45, 2.75) is 17.7 Å². The van der Waals surface area contributed by atoms with Crippen LogP contribution in [0.15, 0.2) is 29.4 Å². The first-order valence-corrected chi connectivity index (χ1v) is 8.32. The number of carbonyl (C=O) groups excluding carboxylic acids is 2. The molecule has 1 aliphatic heterocycles. The van der Waals surface area contributed by atoms with E-state index in [0.717, 1.165) is 17.7 Å². The lowest BCUT2D eigenvalue weighted by atomic mass is 10.2. The lowest BCUT2D eigenvalue weighted by Gasteiger charge is -2.34. The number of carbonyl (C=O) groups is 2. The average molecular weight is 305 g/mol. The molecule has 0 aromatic carbocycles. The van der Waals surface area contributed by atoms with Crippen molar-refractivity contribution in [3.63, 3.8) is 0 Å². The summed E-state index contributed by atoms with van der Waals surface area (Å²) in [5.41, 5.74) is 0. The van der Waals surface area contributed by atoms with Crippen LogP contribution in [0, 0.1) is 5.92 Å². The standard InChI is InChI=1S/C15H19N3O2S/c19-14(11-21-13-3-5-16-6-4-13)17-7-9-18(10-8-17)15(20)12-1-2-12/h3-6,12H,1-2,7-11H2. The minimum Gasteiger partial charge on any atom is -0.339 e. The molecular formula is C15H19N3O2S. The zero-order chi connectivity index (χ0) is 14.7. The van der Waals surface area contributed by atoms with Gasteiger partial charge in [-0.05, 0) is 25.0 Å². The average Bonchev–Trinajstić information content (AvgIpc) is 3.38. The highest BCUT2D eigenvalue weighted by atomic mass is 32.2. The molecule has 2 heterocycles. The van der Waals surface area contributed by atoms with Gasteiger partial charge in [-0.1, -0.05) is 0 Å². The second-order valence-corrected chi connectivity index (χ2v) is 6.50. The Kier molecular flexibility index (Phi) is 4.43. The van der Waals surface area contributed by atoms with Crippen LogP contribution in [0.5, 0.6) is 0 Å². The predicted octanol–water partition coefficient (Wildman–Crippen LogP) is 1.25. The number of thioether (sulfide) groups is 1. The fraction of sp³-hybridized carbons (Fsp3) is 0.533. The summed E-state index contributed by atoms with van der Waals surface area (Å²) in [5.74, 6) is 1.15. The van der Waals surface area contributed by atoms with Crippen molar-refractivity contribution in [3.05, 3.63) is 24.5 Å². The van der Waals surface area contributed by atoms with E-state index in [9.17, 15) is 9.59 Å². The topological polar surface area (TPSA) is 53.5 Å². The van der Waals surface area contributed by atoms with Crippen LogP contribution < -0.4 is 0 Å². The highest BCUT2D eigenvalue weighted by molar-refractivity contribution is 8.00. The van der Waals surface area contributed by atoms with E-state index in [1.54, 1.807) is 12.4 Å². The third-order valence-electron chi connectivity index (χ3n) is 3.88. The maximum atomic E-state index is 12.2. The van der Waals surface area contributed by atoms with Gasteiger partial charge in [0.2, 0.25) is 11.8 Å². The lowest BCUT2D eigenvalue weighted by Crippen LogP contribution is -2.51. The van der Waals surface area contributed by atoms with E-state index in [4.69, 9.17) is 0 Å². The van der Waals surface area contributed by atoms with Crippen LogP contribution in [0.2, 0.25) is 0 Å². The summed E-state index contributed by atoms with van der Waals surface area (Å²) >= 11 is 1.53. The van der Waals surface area contributed by atoms with Crippen molar-refractivity contribution in [3.8, 4) is 0 Å². The molecule has 3 rings (SSSR count). The zero-order valence-electron chi connectivity index (χ0n) is 11.9. The summed E-state index contributed by atoms with van der Waals surface area (Å²) in [6, 6.07) is 3.81. The summed E-state index contributed by atoms with van der Waals surface area (Å²) in [6.07, 6.45) is 5.55. The second-order valence-electron chi connectivity index (χ2n) is 5.45.